The highest BCUT2D eigenvalue weighted by Gasteiger charge is 2.05. The lowest BCUT2D eigenvalue weighted by atomic mass is 10.1. The van der Waals surface area contributed by atoms with E-state index in [-0.39, 0.29) is 12.1 Å². The van der Waals surface area contributed by atoms with Gasteiger partial charge in [0.1, 0.15) is 0 Å². The molecule has 0 aliphatic rings. The van der Waals surface area contributed by atoms with Crippen molar-refractivity contribution in [3.05, 3.63) is 35.4 Å². The fourth-order valence-electron chi connectivity index (χ4n) is 1.50. The molecule has 16 heavy (non-hydrogen) atoms. The molecule has 0 saturated heterocycles. The number of hydrogen-bond donors (Lipinski definition) is 2. The van der Waals surface area contributed by atoms with E-state index in [0.29, 0.717) is 5.56 Å². The topological polar surface area (TPSA) is 56.0 Å². The molecule has 3 nitrogen and oxygen atoms in total. The highest BCUT2D eigenvalue weighted by atomic mass is 16.3. The van der Waals surface area contributed by atoms with E-state index >= 15 is 0 Å². The van der Waals surface area contributed by atoms with Crippen LogP contribution in [-0.4, -0.2) is 17.8 Å². The number of rotatable bonds is 5. The Hall–Kier alpha value is -1.37. The average molecular weight is 218 g/mol. The molecule has 0 aliphatic carbocycles. The predicted molar refractivity (Wildman–Crippen MR) is 63.9 cm³/mol. The third-order valence-corrected chi connectivity index (χ3v) is 2.53. The van der Waals surface area contributed by atoms with Crippen molar-refractivity contribution in [3.63, 3.8) is 0 Å². The van der Waals surface area contributed by atoms with Crippen LogP contribution in [0.25, 0.3) is 0 Å². The summed E-state index contributed by atoms with van der Waals surface area (Å²) in [7, 11) is 0. The van der Waals surface area contributed by atoms with Gasteiger partial charge < -0.3 is 10.4 Å². The van der Waals surface area contributed by atoms with Gasteiger partial charge in [0.25, 0.3) is 0 Å². The average Bonchev–Trinajstić information content (AvgIpc) is 2.28. The second-order valence-corrected chi connectivity index (χ2v) is 4.05. The van der Waals surface area contributed by atoms with E-state index in [1.807, 2.05) is 18.2 Å². The van der Waals surface area contributed by atoms with Crippen molar-refractivity contribution in [2.24, 2.45) is 0 Å². The van der Waals surface area contributed by atoms with Gasteiger partial charge in [-0.3, -0.25) is 0 Å². The minimum Gasteiger partial charge on any atom is -0.393 e. The smallest absolute Gasteiger partial charge is 0.0991 e. The standard InChI is InChI=1S/C13H18N2O/c1-10(16)6-7-15-11(2)13-5-3-4-12(8-13)9-14/h3-5,8,10-11,15-16H,6-7H2,1-2H3. The largest absolute Gasteiger partial charge is 0.393 e. The van der Waals surface area contributed by atoms with Gasteiger partial charge in [-0.05, 0) is 44.5 Å². The summed E-state index contributed by atoms with van der Waals surface area (Å²) in [5.74, 6) is 0. The fourth-order valence-corrected chi connectivity index (χ4v) is 1.50. The van der Waals surface area contributed by atoms with Crippen LogP contribution in [0, 0.1) is 11.3 Å². The number of benzene rings is 1. The molecule has 0 aliphatic heterocycles. The van der Waals surface area contributed by atoms with Crippen molar-refractivity contribution < 1.29 is 5.11 Å². The number of aliphatic hydroxyl groups is 1. The van der Waals surface area contributed by atoms with Gasteiger partial charge >= 0.3 is 0 Å². The van der Waals surface area contributed by atoms with Crippen LogP contribution in [0.15, 0.2) is 24.3 Å². The van der Waals surface area contributed by atoms with Crippen LogP contribution in [-0.2, 0) is 0 Å². The summed E-state index contributed by atoms with van der Waals surface area (Å²) in [4.78, 5) is 0. The van der Waals surface area contributed by atoms with E-state index in [1.54, 1.807) is 13.0 Å². The van der Waals surface area contributed by atoms with Gasteiger partial charge in [0.2, 0.25) is 0 Å². The maximum absolute atomic E-state index is 9.13. The van der Waals surface area contributed by atoms with Gasteiger partial charge in [0.15, 0.2) is 0 Å². The summed E-state index contributed by atoms with van der Waals surface area (Å²) in [6.07, 6.45) is 0.465. The molecule has 0 amide bonds. The van der Waals surface area contributed by atoms with E-state index in [4.69, 9.17) is 10.4 Å². The van der Waals surface area contributed by atoms with Crippen LogP contribution in [0.1, 0.15) is 37.4 Å². The normalized spacial score (nSPS) is 14.1. The molecule has 0 aromatic heterocycles. The molecule has 2 unspecified atom stereocenters. The Balaban J connectivity index is 2.52. The van der Waals surface area contributed by atoms with Crippen molar-refractivity contribution in [2.45, 2.75) is 32.4 Å². The molecule has 1 rings (SSSR count). The lowest BCUT2D eigenvalue weighted by molar-refractivity contribution is 0.182. The summed E-state index contributed by atoms with van der Waals surface area (Å²) in [5, 5.41) is 21.2. The first-order valence-electron chi connectivity index (χ1n) is 5.55. The van der Waals surface area contributed by atoms with Crippen molar-refractivity contribution in [1.29, 1.82) is 5.26 Å². The van der Waals surface area contributed by atoms with E-state index < -0.39 is 0 Å². The minimum atomic E-state index is -0.273. The van der Waals surface area contributed by atoms with Crippen molar-refractivity contribution in [2.75, 3.05) is 6.54 Å². The number of nitriles is 1. The van der Waals surface area contributed by atoms with Crippen LogP contribution >= 0.6 is 0 Å². The van der Waals surface area contributed by atoms with Crippen LogP contribution in [0.2, 0.25) is 0 Å². The van der Waals surface area contributed by atoms with E-state index in [0.717, 1.165) is 18.5 Å². The molecule has 0 bridgehead atoms. The molecule has 0 radical (unpaired) electrons. The molecule has 0 fully saturated rings. The molecule has 0 heterocycles. The van der Waals surface area contributed by atoms with Gasteiger partial charge in [-0.25, -0.2) is 0 Å². The minimum absolute atomic E-state index is 0.201. The van der Waals surface area contributed by atoms with Gasteiger partial charge in [-0.2, -0.15) is 5.26 Å². The molecular weight excluding hydrogens is 200 g/mol. The summed E-state index contributed by atoms with van der Waals surface area (Å²) < 4.78 is 0. The lowest BCUT2D eigenvalue weighted by Gasteiger charge is -2.15. The monoisotopic (exact) mass is 218 g/mol. The molecule has 2 atom stereocenters. The quantitative estimate of drug-likeness (QED) is 0.794. The summed E-state index contributed by atoms with van der Waals surface area (Å²) in [6, 6.07) is 9.91. The van der Waals surface area contributed by atoms with Crippen molar-refractivity contribution >= 4 is 0 Å². The summed E-state index contributed by atoms with van der Waals surface area (Å²) >= 11 is 0. The molecule has 3 heteroatoms. The first kappa shape index (κ1) is 12.7. The maximum atomic E-state index is 9.13. The van der Waals surface area contributed by atoms with Crippen LogP contribution < -0.4 is 5.32 Å². The molecule has 2 N–H and O–H groups in total. The highest BCUT2D eigenvalue weighted by molar-refractivity contribution is 5.33. The third kappa shape index (κ3) is 4.01. The van der Waals surface area contributed by atoms with Gasteiger partial charge in [0.05, 0.1) is 17.7 Å². The maximum Gasteiger partial charge on any atom is 0.0991 e. The summed E-state index contributed by atoms with van der Waals surface area (Å²) in [5.41, 5.74) is 1.78. The Labute approximate surface area is 96.7 Å². The second-order valence-electron chi connectivity index (χ2n) is 4.05. The Morgan fingerprint density at radius 1 is 1.44 bits per heavy atom. The van der Waals surface area contributed by atoms with Crippen molar-refractivity contribution in [1.82, 2.24) is 5.32 Å². The first-order chi connectivity index (χ1) is 7.63. The van der Waals surface area contributed by atoms with Crippen molar-refractivity contribution in [3.8, 4) is 6.07 Å². The SMILES string of the molecule is CC(O)CCNC(C)c1cccc(C#N)c1. The number of nitrogens with one attached hydrogen (secondary N) is 1. The molecule has 0 saturated carbocycles. The zero-order valence-corrected chi connectivity index (χ0v) is 9.77. The molecule has 1 aromatic rings. The Morgan fingerprint density at radius 2 is 2.19 bits per heavy atom. The summed E-state index contributed by atoms with van der Waals surface area (Å²) in [6.45, 7) is 4.61. The van der Waals surface area contributed by atoms with Gasteiger partial charge in [0, 0.05) is 6.04 Å². The Kier molecular flexibility index (Phi) is 4.97. The van der Waals surface area contributed by atoms with Crippen LogP contribution in [0.5, 0.6) is 0 Å². The Morgan fingerprint density at radius 3 is 2.81 bits per heavy atom. The first-order valence-corrected chi connectivity index (χ1v) is 5.55. The van der Waals surface area contributed by atoms with Crippen LogP contribution in [0.3, 0.4) is 0 Å². The van der Waals surface area contributed by atoms with E-state index in [9.17, 15) is 0 Å². The van der Waals surface area contributed by atoms with Gasteiger partial charge in [-0.1, -0.05) is 12.1 Å². The molecule has 86 valence electrons. The molecule has 0 spiro atoms. The molecular formula is C13H18N2O. The van der Waals surface area contributed by atoms with Gasteiger partial charge in [-0.15, -0.1) is 0 Å². The second kappa shape index (κ2) is 6.26. The zero-order valence-electron chi connectivity index (χ0n) is 9.77. The number of nitrogens with zero attached hydrogens (tertiary/aromatic N) is 1. The third-order valence-electron chi connectivity index (χ3n) is 2.53. The Bertz CT molecular complexity index is 368. The lowest BCUT2D eigenvalue weighted by Crippen LogP contribution is -2.22. The van der Waals surface area contributed by atoms with E-state index in [2.05, 4.69) is 18.3 Å². The van der Waals surface area contributed by atoms with Crippen LogP contribution in [0.4, 0.5) is 0 Å². The fraction of sp³-hybridized carbons (Fsp3) is 0.462. The van der Waals surface area contributed by atoms with E-state index in [1.165, 1.54) is 0 Å². The predicted octanol–water partition coefficient (Wildman–Crippen LogP) is 1.98. The molecule has 1 aromatic carbocycles. The number of aliphatic hydroxyl groups excluding tert-OH is 1. The highest BCUT2D eigenvalue weighted by Crippen LogP contribution is 2.13. The number of hydrogen-bond acceptors (Lipinski definition) is 3. The zero-order chi connectivity index (χ0) is 12.0.